The third-order valence-corrected chi connectivity index (χ3v) is 3.46. The monoisotopic (exact) mass is 335 g/mol. The van der Waals surface area contributed by atoms with Crippen LogP contribution in [0.3, 0.4) is 0 Å². The van der Waals surface area contributed by atoms with Crippen LogP contribution >= 0.6 is 0 Å². The molecule has 128 valence electrons. The van der Waals surface area contributed by atoms with Gasteiger partial charge in [-0.25, -0.2) is 8.78 Å². The van der Waals surface area contributed by atoms with Crippen LogP contribution in [0, 0.1) is 11.6 Å². The van der Waals surface area contributed by atoms with Gasteiger partial charge in [-0.2, -0.15) is 0 Å². The zero-order chi connectivity index (χ0) is 17.5. The van der Waals surface area contributed by atoms with Crippen LogP contribution in [0.1, 0.15) is 12.0 Å². The minimum absolute atomic E-state index is 0.131. The van der Waals surface area contributed by atoms with Crippen LogP contribution in [0.4, 0.5) is 8.78 Å². The number of carbonyl (C=O) groups excluding carboxylic acids is 1. The van der Waals surface area contributed by atoms with Crippen LogP contribution in [0.5, 0.6) is 11.5 Å². The molecule has 2 aromatic carbocycles. The first-order valence-corrected chi connectivity index (χ1v) is 7.44. The van der Waals surface area contributed by atoms with Gasteiger partial charge in [0.15, 0.2) is 11.6 Å². The molecule has 2 rings (SSSR count). The van der Waals surface area contributed by atoms with Crippen LogP contribution < -0.4 is 9.47 Å². The molecule has 0 atom stereocenters. The van der Waals surface area contributed by atoms with E-state index in [1.165, 1.54) is 48.4 Å². The quantitative estimate of drug-likeness (QED) is 0.778. The van der Waals surface area contributed by atoms with E-state index < -0.39 is 5.82 Å². The maximum Gasteiger partial charge on any atom is 0.226 e. The summed E-state index contributed by atoms with van der Waals surface area (Å²) in [6.07, 6.45) is 0.173. The second-order valence-electron chi connectivity index (χ2n) is 5.27. The Labute approximate surface area is 139 Å². The Kier molecular flexibility index (Phi) is 6.12. The predicted octanol–water partition coefficient (Wildman–Crippen LogP) is 3.40. The number of halogens is 2. The van der Waals surface area contributed by atoms with E-state index in [2.05, 4.69) is 0 Å². The molecule has 1 amide bonds. The van der Waals surface area contributed by atoms with Crippen LogP contribution in [-0.2, 0) is 11.3 Å². The standard InChI is InChI=1S/C18H19F2NO3/c1-21(12-13-3-8-17(23-2)16(20)11-13)18(22)9-10-24-15-6-4-14(19)5-7-15/h3-8,11H,9-10,12H2,1-2H3. The third-order valence-electron chi connectivity index (χ3n) is 3.46. The van der Waals surface area contributed by atoms with Crippen molar-refractivity contribution in [3.8, 4) is 11.5 Å². The van der Waals surface area contributed by atoms with E-state index in [-0.39, 0.29) is 37.0 Å². The van der Waals surface area contributed by atoms with E-state index >= 15 is 0 Å². The lowest BCUT2D eigenvalue weighted by Crippen LogP contribution is -2.27. The molecule has 0 radical (unpaired) electrons. The van der Waals surface area contributed by atoms with Crippen LogP contribution in [-0.4, -0.2) is 31.6 Å². The molecular weight excluding hydrogens is 316 g/mol. The Balaban J connectivity index is 1.81. The number of nitrogens with zero attached hydrogens (tertiary/aromatic N) is 1. The molecule has 4 nitrogen and oxygen atoms in total. The van der Waals surface area contributed by atoms with Gasteiger partial charge in [0.05, 0.1) is 20.1 Å². The average molecular weight is 335 g/mol. The summed E-state index contributed by atoms with van der Waals surface area (Å²) in [6.45, 7) is 0.474. The lowest BCUT2D eigenvalue weighted by atomic mass is 10.2. The summed E-state index contributed by atoms with van der Waals surface area (Å²) in [5.74, 6) is -0.266. The van der Waals surface area contributed by atoms with Gasteiger partial charge in [-0.3, -0.25) is 4.79 Å². The van der Waals surface area contributed by atoms with Gasteiger partial charge in [-0.05, 0) is 42.0 Å². The second-order valence-corrected chi connectivity index (χ2v) is 5.27. The molecular formula is C18H19F2NO3. The van der Waals surface area contributed by atoms with Crippen molar-refractivity contribution < 1.29 is 23.0 Å². The van der Waals surface area contributed by atoms with Gasteiger partial charge >= 0.3 is 0 Å². The molecule has 24 heavy (non-hydrogen) atoms. The van der Waals surface area contributed by atoms with E-state index in [1.807, 2.05) is 0 Å². The molecule has 0 N–H and O–H groups in total. The smallest absolute Gasteiger partial charge is 0.226 e. The molecule has 0 aliphatic carbocycles. The number of carbonyl (C=O) groups is 1. The summed E-state index contributed by atoms with van der Waals surface area (Å²) in [4.78, 5) is 13.6. The maximum atomic E-state index is 13.6. The van der Waals surface area contributed by atoms with Gasteiger partial charge in [0, 0.05) is 13.6 Å². The van der Waals surface area contributed by atoms with Crippen molar-refractivity contribution in [2.45, 2.75) is 13.0 Å². The highest BCUT2D eigenvalue weighted by Crippen LogP contribution is 2.18. The van der Waals surface area contributed by atoms with Crippen molar-refractivity contribution >= 4 is 5.91 Å². The molecule has 0 aromatic heterocycles. The SMILES string of the molecule is COc1ccc(CN(C)C(=O)CCOc2ccc(F)cc2)cc1F. The minimum atomic E-state index is -0.463. The van der Waals surface area contributed by atoms with E-state index in [1.54, 1.807) is 13.1 Å². The fraction of sp³-hybridized carbons (Fsp3) is 0.278. The van der Waals surface area contributed by atoms with Crippen molar-refractivity contribution in [1.29, 1.82) is 0 Å². The van der Waals surface area contributed by atoms with Crippen molar-refractivity contribution in [3.63, 3.8) is 0 Å². The first kappa shape index (κ1) is 17.7. The van der Waals surface area contributed by atoms with E-state index in [4.69, 9.17) is 9.47 Å². The van der Waals surface area contributed by atoms with Crippen molar-refractivity contribution in [3.05, 3.63) is 59.7 Å². The van der Waals surface area contributed by atoms with E-state index in [0.717, 1.165) is 0 Å². The molecule has 0 unspecified atom stereocenters. The summed E-state index contributed by atoms with van der Waals surface area (Å²) >= 11 is 0. The third kappa shape index (κ3) is 4.94. The van der Waals surface area contributed by atoms with Crippen LogP contribution in [0.25, 0.3) is 0 Å². The van der Waals surface area contributed by atoms with Crippen LogP contribution in [0.2, 0.25) is 0 Å². The fourth-order valence-corrected chi connectivity index (χ4v) is 2.15. The molecule has 0 saturated heterocycles. The second kappa shape index (κ2) is 8.29. The average Bonchev–Trinajstić information content (AvgIpc) is 2.56. The number of ether oxygens (including phenoxy) is 2. The highest BCUT2D eigenvalue weighted by molar-refractivity contribution is 5.76. The number of benzene rings is 2. The van der Waals surface area contributed by atoms with Crippen molar-refractivity contribution in [1.82, 2.24) is 4.90 Å². The number of hydrogen-bond acceptors (Lipinski definition) is 3. The highest BCUT2D eigenvalue weighted by atomic mass is 19.1. The van der Waals surface area contributed by atoms with E-state index in [0.29, 0.717) is 11.3 Å². The predicted molar refractivity (Wildman–Crippen MR) is 85.9 cm³/mol. The Hall–Kier alpha value is -2.63. The summed E-state index contributed by atoms with van der Waals surface area (Å²) in [6, 6.07) is 10.2. The number of methoxy groups -OCH3 is 1. The Morgan fingerprint density at radius 3 is 2.46 bits per heavy atom. The zero-order valence-electron chi connectivity index (χ0n) is 13.6. The van der Waals surface area contributed by atoms with Gasteiger partial charge < -0.3 is 14.4 Å². The number of hydrogen-bond donors (Lipinski definition) is 0. The lowest BCUT2D eigenvalue weighted by Gasteiger charge is -2.18. The van der Waals surface area contributed by atoms with Gasteiger partial charge in [-0.15, -0.1) is 0 Å². The maximum absolute atomic E-state index is 13.6. The summed E-state index contributed by atoms with van der Waals surface area (Å²) < 4.78 is 36.7. The largest absolute Gasteiger partial charge is 0.494 e. The topological polar surface area (TPSA) is 38.8 Å². The molecule has 0 heterocycles. The lowest BCUT2D eigenvalue weighted by molar-refractivity contribution is -0.130. The van der Waals surface area contributed by atoms with Gasteiger partial charge in [0.1, 0.15) is 11.6 Å². The molecule has 0 bridgehead atoms. The Bertz CT molecular complexity index is 689. The summed E-state index contributed by atoms with van der Waals surface area (Å²) in [5.41, 5.74) is 0.670. The highest BCUT2D eigenvalue weighted by Gasteiger charge is 2.11. The van der Waals surface area contributed by atoms with Gasteiger partial charge in [0.25, 0.3) is 0 Å². The minimum Gasteiger partial charge on any atom is -0.494 e. The fourth-order valence-electron chi connectivity index (χ4n) is 2.15. The molecule has 0 fully saturated rings. The normalized spacial score (nSPS) is 10.3. The molecule has 2 aromatic rings. The van der Waals surface area contributed by atoms with Gasteiger partial charge in [-0.1, -0.05) is 6.07 Å². The Morgan fingerprint density at radius 1 is 1.12 bits per heavy atom. The molecule has 6 heteroatoms. The van der Waals surface area contributed by atoms with Crippen molar-refractivity contribution in [2.24, 2.45) is 0 Å². The van der Waals surface area contributed by atoms with Gasteiger partial charge in [0.2, 0.25) is 5.91 Å². The zero-order valence-corrected chi connectivity index (χ0v) is 13.6. The summed E-state index contributed by atoms with van der Waals surface area (Å²) in [5, 5.41) is 0. The molecule has 0 aliphatic heterocycles. The first-order valence-electron chi connectivity index (χ1n) is 7.44. The molecule has 0 saturated carbocycles. The summed E-state index contributed by atoms with van der Waals surface area (Å²) in [7, 11) is 3.04. The molecule has 0 aliphatic rings. The number of amides is 1. The van der Waals surface area contributed by atoms with Crippen LogP contribution in [0.15, 0.2) is 42.5 Å². The Morgan fingerprint density at radius 2 is 1.83 bits per heavy atom. The van der Waals surface area contributed by atoms with E-state index in [9.17, 15) is 13.6 Å². The molecule has 0 spiro atoms. The first-order chi connectivity index (χ1) is 11.5. The number of rotatable bonds is 7. The van der Waals surface area contributed by atoms with Crippen molar-refractivity contribution in [2.75, 3.05) is 20.8 Å².